The molecule has 0 aromatic heterocycles. The largest absolute Gasteiger partial charge is 0.379 e. The SMILES string of the molecule is CC(=O)CCOCCOCCOCCOCCOCCOCCOCCOCCOCCOCCOCCOCCOCCOCCOCCOCCOCCOCCOCCOCCOCCOCCOCCOCCOCCOCCOCCOCCOCCOCCOCCOCCOCCOCCOCCOCCNCC(=O)ON. The van der Waals surface area contributed by atoms with Crippen molar-refractivity contribution in [2.75, 3.05) is 489 Å². The lowest BCUT2D eigenvalue weighted by atomic mass is 10.3. The minimum atomic E-state index is -0.527. The molecular formula is C78H156N2O39. The van der Waals surface area contributed by atoms with Crippen molar-refractivity contribution in [2.24, 2.45) is 5.90 Å². The van der Waals surface area contributed by atoms with E-state index in [1.165, 1.54) is 0 Å². The Balaban J connectivity index is 3.10. The molecule has 0 aliphatic rings. The summed E-state index contributed by atoms with van der Waals surface area (Å²) in [5.74, 6) is 4.34. The van der Waals surface area contributed by atoms with Crippen LogP contribution in [0.5, 0.6) is 0 Å². The summed E-state index contributed by atoms with van der Waals surface area (Å²) in [5.41, 5.74) is 0. The highest BCUT2D eigenvalue weighted by molar-refractivity contribution is 5.75. The zero-order valence-corrected chi connectivity index (χ0v) is 72.0. The van der Waals surface area contributed by atoms with Gasteiger partial charge in [0.25, 0.3) is 0 Å². The van der Waals surface area contributed by atoms with Crippen LogP contribution in [0, 0.1) is 0 Å². The third-order valence-corrected chi connectivity index (χ3v) is 14.4. The van der Waals surface area contributed by atoms with Crippen LogP contribution >= 0.6 is 0 Å². The van der Waals surface area contributed by atoms with E-state index < -0.39 is 5.97 Å². The summed E-state index contributed by atoms with van der Waals surface area (Å²) in [4.78, 5) is 25.7. The lowest BCUT2D eigenvalue weighted by molar-refractivity contribution is -0.143. The Morgan fingerprint density at radius 1 is 0.160 bits per heavy atom. The maximum Gasteiger partial charge on any atom is 0.338 e. The van der Waals surface area contributed by atoms with Crippen LogP contribution in [-0.2, 0) is 185 Å². The highest BCUT2D eigenvalue weighted by atomic mass is 16.7. The van der Waals surface area contributed by atoms with Gasteiger partial charge < -0.3 is 181 Å². The van der Waals surface area contributed by atoms with Gasteiger partial charge in [-0.25, -0.2) is 4.79 Å². The summed E-state index contributed by atoms with van der Waals surface area (Å²) in [7, 11) is 0. The quantitative estimate of drug-likeness (QED) is 0.0576. The molecule has 41 heteroatoms. The van der Waals surface area contributed by atoms with E-state index in [1.54, 1.807) is 6.92 Å². The van der Waals surface area contributed by atoms with Gasteiger partial charge in [0.1, 0.15) is 5.78 Å². The maximum absolute atomic E-state index is 10.9. The van der Waals surface area contributed by atoms with Crippen molar-refractivity contribution in [3.8, 4) is 0 Å². The van der Waals surface area contributed by atoms with Crippen LogP contribution in [0.3, 0.4) is 0 Å². The number of ketones is 1. The molecule has 41 nitrogen and oxygen atoms in total. The number of nitrogens with two attached hydrogens (primary N) is 1. The number of Topliss-reactive ketones (excluding diaryl/α,β-unsaturated/α-hetero) is 1. The molecule has 0 saturated carbocycles. The smallest absolute Gasteiger partial charge is 0.338 e. The first-order valence-corrected chi connectivity index (χ1v) is 42.0. The number of hydrogen-bond donors (Lipinski definition) is 2. The van der Waals surface area contributed by atoms with Crippen molar-refractivity contribution in [2.45, 2.75) is 13.3 Å². The van der Waals surface area contributed by atoms with Crippen LogP contribution in [0.15, 0.2) is 0 Å². The van der Waals surface area contributed by atoms with E-state index in [9.17, 15) is 9.59 Å². The zero-order valence-electron chi connectivity index (χ0n) is 72.0. The van der Waals surface area contributed by atoms with Crippen molar-refractivity contribution in [3.05, 3.63) is 0 Å². The van der Waals surface area contributed by atoms with Crippen LogP contribution in [0.4, 0.5) is 0 Å². The van der Waals surface area contributed by atoms with Crippen LogP contribution in [0.2, 0.25) is 0 Å². The predicted molar refractivity (Wildman–Crippen MR) is 428 cm³/mol. The van der Waals surface area contributed by atoms with Crippen molar-refractivity contribution < 1.29 is 185 Å². The lowest BCUT2D eigenvalue weighted by Crippen LogP contribution is -2.29. The number of ether oxygens (including phenoxy) is 36. The molecule has 0 spiro atoms. The van der Waals surface area contributed by atoms with Crippen molar-refractivity contribution in [1.82, 2.24) is 5.32 Å². The highest BCUT2D eigenvalue weighted by Gasteiger charge is 2.05. The summed E-state index contributed by atoms with van der Waals surface area (Å²) in [5, 5.41) is 2.84. The fraction of sp³-hybridized carbons (Fsp3) is 0.974. The number of hydrogen-bond acceptors (Lipinski definition) is 41. The van der Waals surface area contributed by atoms with Gasteiger partial charge in [-0.15, -0.1) is 0 Å². The second-order valence-corrected chi connectivity index (χ2v) is 24.2. The monoisotopic (exact) mass is 1750 g/mol. The lowest BCUT2D eigenvalue weighted by Gasteiger charge is -2.09. The fourth-order valence-electron chi connectivity index (χ4n) is 8.39. The van der Waals surface area contributed by atoms with E-state index in [0.717, 1.165) is 0 Å². The van der Waals surface area contributed by atoms with Gasteiger partial charge >= 0.3 is 5.97 Å². The molecule has 712 valence electrons. The molecule has 3 N–H and O–H groups in total. The second-order valence-electron chi connectivity index (χ2n) is 24.2. The molecule has 0 unspecified atom stereocenters. The summed E-state index contributed by atoms with van der Waals surface area (Å²) >= 11 is 0. The van der Waals surface area contributed by atoms with E-state index in [0.29, 0.717) is 489 Å². The predicted octanol–water partition coefficient (Wildman–Crippen LogP) is -0.430. The third-order valence-electron chi connectivity index (χ3n) is 14.4. The standard InChI is InChI=1S/C78H156N2O39/c1-77(81)2-4-83-6-8-85-10-12-87-14-16-89-18-20-91-22-24-93-26-28-95-30-32-97-34-36-99-38-40-101-42-44-103-46-48-105-50-52-107-54-56-109-58-60-111-62-64-113-66-68-115-70-72-117-74-75-118-73-71-116-69-67-114-65-63-112-61-59-110-57-55-108-53-51-106-49-47-104-45-43-102-41-39-100-37-35-98-33-31-96-29-27-94-25-23-92-21-19-90-17-15-88-13-11-86-9-7-84-5-3-80-76-78(82)119-79/h80H,2-76,79H2,1H3. The fourth-order valence-corrected chi connectivity index (χ4v) is 8.39. The first kappa shape index (κ1) is 117. The molecule has 0 fully saturated rings. The van der Waals surface area contributed by atoms with E-state index in [-0.39, 0.29) is 12.3 Å². The third kappa shape index (κ3) is 114. The van der Waals surface area contributed by atoms with Crippen molar-refractivity contribution in [3.63, 3.8) is 0 Å². The molecule has 0 radical (unpaired) electrons. The molecule has 0 aliphatic heterocycles. The average Bonchev–Trinajstić information content (AvgIpc) is 1.30. The normalized spacial score (nSPS) is 11.7. The highest BCUT2D eigenvalue weighted by Crippen LogP contribution is 1.95. The minimum Gasteiger partial charge on any atom is -0.379 e. The Bertz CT molecular complexity index is 1810. The van der Waals surface area contributed by atoms with Gasteiger partial charge in [0.15, 0.2) is 0 Å². The number of nitrogens with one attached hydrogen (secondary N) is 1. The van der Waals surface area contributed by atoms with Crippen molar-refractivity contribution >= 4 is 11.8 Å². The number of rotatable bonds is 113. The van der Waals surface area contributed by atoms with Crippen LogP contribution in [-0.4, -0.2) is 501 Å². The molecule has 0 bridgehead atoms. The van der Waals surface area contributed by atoms with Crippen LogP contribution in [0.25, 0.3) is 0 Å². The van der Waals surface area contributed by atoms with Crippen molar-refractivity contribution in [1.29, 1.82) is 0 Å². The number of carbonyl (C=O) groups is 2. The number of carbonyl (C=O) groups excluding carboxylic acids is 2. The van der Waals surface area contributed by atoms with E-state index >= 15 is 0 Å². The van der Waals surface area contributed by atoms with Gasteiger partial charge in [0.2, 0.25) is 0 Å². The molecule has 0 rings (SSSR count). The Hall–Kier alpha value is -2.38. The van der Waals surface area contributed by atoms with Crippen LogP contribution < -0.4 is 11.2 Å². The van der Waals surface area contributed by atoms with E-state index in [2.05, 4.69) is 10.2 Å². The van der Waals surface area contributed by atoms with Crippen LogP contribution in [0.1, 0.15) is 13.3 Å². The first-order chi connectivity index (χ1) is 59.2. The maximum atomic E-state index is 10.9. The first-order valence-electron chi connectivity index (χ1n) is 42.0. The van der Waals surface area contributed by atoms with Gasteiger partial charge in [-0.05, 0) is 6.92 Å². The average molecular weight is 1750 g/mol. The topological polar surface area (TPSA) is 414 Å². The molecule has 0 saturated heterocycles. The second kappa shape index (κ2) is 112. The summed E-state index contributed by atoms with van der Waals surface area (Å²) in [6.07, 6.45) is 0.431. The van der Waals surface area contributed by atoms with Gasteiger partial charge in [-0.3, -0.25) is 4.79 Å². The van der Waals surface area contributed by atoms with E-state index in [1.807, 2.05) is 0 Å². The van der Waals surface area contributed by atoms with E-state index in [4.69, 9.17) is 176 Å². The Morgan fingerprint density at radius 2 is 0.252 bits per heavy atom. The van der Waals surface area contributed by atoms with Gasteiger partial charge in [0, 0.05) is 13.0 Å². The summed E-state index contributed by atoms with van der Waals surface area (Å²) in [6, 6.07) is 0. The minimum absolute atomic E-state index is 0.0434. The Kier molecular flexibility index (Phi) is 109. The molecule has 0 heterocycles. The van der Waals surface area contributed by atoms with Gasteiger partial charge in [0.05, 0.1) is 482 Å². The van der Waals surface area contributed by atoms with Gasteiger partial charge in [-0.1, -0.05) is 0 Å². The Labute approximate surface area is 707 Å². The van der Waals surface area contributed by atoms with Gasteiger partial charge in [-0.2, -0.15) is 5.90 Å². The molecule has 0 aromatic carbocycles. The molecule has 0 atom stereocenters. The molecular weight excluding hydrogens is 1590 g/mol. The Morgan fingerprint density at radius 3 is 0.345 bits per heavy atom. The molecule has 0 aliphatic carbocycles. The molecule has 119 heavy (non-hydrogen) atoms. The summed E-state index contributed by atoms with van der Waals surface area (Å²) in [6.45, 7) is 36.2. The molecule has 0 aromatic rings. The zero-order chi connectivity index (χ0) is 85.1. The summed E-state index contributed by atoms with van der Waals surface area (Å²) < 4.78 is 198. The molecule has 0 amide bonds.